The van der Waals surface area contributed by atoms with Gasteiger partial charge in [-0.05, 0) is 45.2 Å². The molecule has 4 rings (SSSR count). The predicted molar refractivity (Wildman–Crippen MR) is 88.5 cm³/mol. The van der Waals surface area contributed by atoms with Crippen LogP contribution >= 0.6 is 11.6 Å². The van der Waals surface area contributed by atoms with Crippen LogP contribution in [0, 0.1) is 0 Å². The van der Waals surface area contributed by atoms with Crippen molar-refractivity contribution < 1.29 is 0 Å². The molecule has 0 N–H and O–H groups in total. The zero-order chi connectivity index (χ0) is 13.9. The Hall–Kier alpha value is -1.79. The van der Waals surface area contributed by atoms with Gasteiger partial charge in [-0.25, -0.2) is 0 Å². The summed E-state index contributed by atoms with van der Waals surface area (Å²) in [4.78, 5) is 0. The Morgan fingerprint density at radius 1 is 1.00 bits per heavy atom. The van der Waals surface area contributed by atoms with Gasteiger partial charge in [0.2, 0.25) is 0 Å². The Balaban J connectivity index is 2.26. The van der Waals surface area contributed by atoms with Crippen LogP contribution in [0.4, 0.5) is 0 Å². The van der Waals surface area contributed by atoms with Crippen molar-refractivity contribution >= 4 is 38.2 Å². The Bertz CT molecular complexity index is 887. The lowest BCUT2D eigenvalue weighted by Crippen LogP contribution is -1.95. The van der Waals surface area contributed by atoms with E-state index in [0.717, 1.165) is 5.03 Å². The number of halogens is 1. The Morgan fingerprint density at radius 2 is 1.70 bits per heavy atom. The standard InChI is InChI=1S/C19H15Cl/c1-3-16(20)15-10-9-13-8-7-12-5-4-6-14-11(2)17(15)19(13)18(12)14/h3-11H,1-2H3/b16-3+. The maximum atomic E-state index is 6.44. The molecule has 0 fully saturated rings. The van der Waals surface area contributed by atoms with Gasteiger partial charge in [0, 0.05) is 11.0 Å². The fourth-order valence-electron chi connectivity index (χ4n) is 3.58. The lowest BCUT2D eigenvalue weighted by atomic mass is 9.93. The van der Waals surface area contributed by atoms with E-state index in [1.165, 1.54) is 38.2 Å². The second kappa shape index (κ2) is 4.10. The highest BCUT2D eigenvalue weighted by molar-refractivity contribution is 6.49. The first kappa shape index (κ1) is 12.0. The van der Waals surface area contributed by atoms with E-state index >= 15 is 0 Å². The van der Waals surface area contributed by atoms with Crippen molar-refractivity contribution in [3.8, 4) is 0 Å². The van der Waals surface area contributed by atoms with Gasteiger partial charge >= 0.3 is 0 Å². The van der Waals surface area contributed by atoms with E-state index in [4.69, 9.17) is 11.6 Å². The summed E-state index contributed by atoms with van der Waals surface area (Å²) >= 11 is 6.44. The maximum Gasteiger partial charge on any atom is 0.0438 e. The van der Waals surface area contributed by atoms with Gasteiger partial charge in [0.25, 0.3) is 0 Å². The zero-order valence-electron chi connectivity index (χ0n) is 11.6. The van der Waals surface area contributed by atoms with Crippen LogP contribution in [0.25, 0.3) is 26.6 Å². The number of allylic oxidation sites excluding steroid dienone is 1. The monoisotopic (exact) mass is 278 g/mol. The fraction of sp³-hybridized carbons (Fsp3) is 0.158. The first-order valence-corrected chi connectivity index (χ1v) is 7.40. The molecule has 1 unspecified atom stereocenters. The van der Waals surface area contributed by atoms with Crippen LogP contribution in [0.15, 0.2) is 48.5 Å². The number of rotatable bonds is 1. The highest BCUT2D eigenvalue weighted by Gasteiger charge is 2.26. The Kier molecular flexibility index (Phi) is 2.46. The molecule has 3 aromatic rings. The van der Waals surface area contributed by atoms with Crippen molar-refractivity contribution in [3.05, 3.63) is 65.2 Å². The van der Waals surface area contributed by atoms with E-state index in [1.807, 2.05) is 13.0 Å². The van der Waals surface area contributed by atoms with Crippen molar-refractivity contribution in [2.24, 2.45) is 0 Å². The van der Waals surface area contributed by atoms with E-state index < -0.39 is 0 Å². The van der Waals surface area contributed by atoms with Crippen LogP contribution in [0.5, 0.6) is 0 Å². The molecule has 1 heteroatoms. The van der Waals surface area contributed by atoms with Gasteiger partial charge in [-0.15, -0.1) is 0 Å². The van der Waals surface area contributed by atoms with Crippen molar-refractivity contribution in [2.45, 2.75) is 19.8 Å². The van der Waals surface area contributed by atoms with Crippen molar-refractivity contribution in [2.75, 3.05) is 0 Å². The van der Waals surface area contributed by atoms with Crippen LogP contribution in [-0.4, -0.2) is 0 Å². The zero-order valence-corrected chi connectivity index (χ0v) is 12.3. The topological polar surface area (TPSA) is 0 Å². The molecule has 0 saturated heterocycles. The summed E-state index contributed by atoms with van der Waals surface area (Å²) < 4.78 is 0. The Morgan fingerprint density at radius 3 is 2.45 bits per heavy atom. The van der Waals surface area contributed by atoms with E-state index in [0.29, 0.717) is 5.92 Å². The molecule has 0 saturated carbocycles. The van der Waals surface area contributed by atoms with Gasteiger partial charge < -0.3 is 0 Å². The third-order valence-electron chi connectivity index (χ3n) is 4.51. The summed E-state index contributed by atoms with van der Waals surface area (Å²) in [6, 6.07) is 15.4. The molecule has 1 aliphatic rings. The molecule has 0 spiro atoms. The number of hydrogen-bond acceptors (Lipinski definition) is 0. The van der Waals surface area contributed by atoms with E-state index in [2.05, 4.69) is 49.4 Å². The van der Waals surface area contributed by atoms with Crippen LogP contribution in [0.2, 0.25) is 0 Å². The summed E-state index contributed by atoms with van der Waals surface area (Å²) in [6.45, 7) is 4.28. The first-order valence-electron chi connectivity index (χ1n) is 7.03. The van der Waals surface area contributed by atoms with E-state index in [9.17, 15) is 0 Å². The lowest BCUT2D eigenvalue weighted by Gasteiger charge is -2.13. The average Bonchev–Trinajstić information content (AvgIpc) is 2.80. The molecule has 20 heavy (non-hydrogen) atoms. The second-order valence-electron chi connectivity index (χ2n) is 5.49. The molecule has 98 valence electrons. The van der Waals surface area contributed by atoms with Crippen LogP contribution in [0.1, 0.15) is 36.5 Å². The van der Waals surface area contributed by atoms with E-state index in [1.54, 1.807) is 0 Å². The highest BCUT2D eigenvalue weighted by Crippen LogP contribution is 2.47. The average molecular weight is 279 g/mol. The smallest absolute Gasteiger partial charge is 0.0438 e. The minimum Gasteiger partial charge on any atom is -0.0840 e. The highest BCUT2D eigenvalue weighted by atomic mass is 35.5. The molecule has 1 atom stereocenters. The quantitative estimate of drug-likeness (QED) is 0.475. The minimum absolute atomic E-state index is 0.406. The van der Waals surface area contributed by atoms with Crippen molar-refractivity contribution in [3.63, 3.8) is 0 Å². The van der Waals surface area contributed by atoms with E-state index in [-0.39, 0.29) is 0 Å². The molecule has 0 aromatic heterocycles. The van der Waals surface area contributed by atoms with Gasteiger partial charge in [-0.1, -0.05) is 67.1 Å². The van der Waals surface area contributed by atoms with Crippen molar-refractivity contribution in [1.29, 1.82) is 0 Å². The normalized spacial score (nSPS) is 17.6. The fourth-order valence-corrected chi connectivity index (χ4v) is 3.74. The predicted octanol–water partition coefficient (Wildman–Crippen LogP) is 6.06. The van der Waals surface area contributed by atoms with Gasteiger partial charge in [0.15, 0.2) is 0 Å². The molecular formula is C19H15Cl. The Labute approximate surface area is 123 Å². The molecule has 1 aliphatic carbocycles. The molecule has 0 amide bonds. The van der Waals surface area contributed by atoms with Gasteiger partial charge in [-0.3, -0.25) is 0 Å². The molecule has 0 aliphatic heterocycles. The van der Waals surface area contributed by atoms with Crippen molar-refractivity contribution in [1.82, 2.24) is 0 Å². The second-order valence-corrected chi connectivity index (χ2v) is 5.90. The van der Waals surface area contributed by atoms with Crippen LogP contribution in [0.3, 0.4) is 0 Å². The molecule has 3 aromatic carbocycles. The minimum atomic E-state index is 0.406. The van der Waals surface area contributed by atoms with Crippen LogP contribution < -0.4 is 0 Å². The van der Waals surface area contributed by atoms with Crippen LogP contribution in [-0.2, 0) is 0 Å². The number of benzene rings is 3. The summed E-state index contributed by atoms with van der Waals surface area (Å²) in [5.74, 6) is 0.406. The third kappa shape index (κ3) is 1.38. The molecule has 0 heterocycles. The number of hydrogen-bond donors (Lipinski definition) is 0. The summed E-state index contributed by atoms with van der Waals surface area (Å²) in [5, 5.41) is 6.29. The SMILES string of the molecule is C/C=C(/Cl)c1ccc2ccc3cccc4c3c2c1C4C. The molecular weight excluding hydrogens is 264 g/mol. The van der Waals surface area contributed by atoms with Gasteiger partial charge in [-0.2, -0.15) is 0 Å². The molecule has 0 bridgehead atoms. The first-order chi connectivity index (χ1) is 9.72. The van der Waals surface area contributed by atoms with Gasteiger partial charge in [0.05, 0.1) is 0 Å². The van der Waals surface area contributed by atoms with Gasteiger partial charge in [0.1, 0.15) is 0 Å². The molecule has 0 nitrogen and oxygen atoms in total. The molecule has 0 radical (unpaired) electrons. The summed E-state index contributed by atoms with van der Waals surface area (Å²) in [6.07, 6.45) is 1.98. The largest absolute Gasteiger partial charge is 0.0840 e. The maximum absolute atomic E-state index is 6.44. The lowest BCUT2D eigenvalue weighted by molar-refractivity contribution is 0.957. The third-order valence-corrected chi connectivity index (χ3v) is 4.93. The summed E-state index contributed by atoms with van der Waals surface area (Å²) in [7, 11) is 0. The summed E-state index contributed by atoms with van der Waals surface area (Å²) in [5.41, 5.74) is 3.99.